The van der Waals surface area contributed by atoms with Gasteiger partial charge in [-0.1, -0.05) is 11.6 Å². The Morgan fingerprint density at radius 1 is 1.30 bits per heavy atom. The first-order chi connectivity index (χ1) is 10.9. The number of furan rings is 1. The minimum Gasteiger partial charge on any atom is -0.462 e. The summed E-state index contributed by atoms with van der Waals surface area (Å²) in [5.41, 5.74) is 0.0207. The van der Waals surface area contributed by atoms with Crippen LogP contribution in [0.1, 0.15) is 17.1 Å². The zero-order valence-electron chi connectivity index (χ0n) is 11.8. The Balaban J connectivity index is 2.00. The molecule has 0 spiro atoms. The number of halogens is 1. The fourth-order valence-electron chi connectivity index (χ4n) is 1.98. The maximum atomic E-state index is 11.9. The SMILES string of the molecule is Cc1ccc(/C=C2/N=C(c3cc([N+](=O)[O-])ccc3Cl)OC2=O)o1. The molecule has 2 aromatic rings. The van der Waals surface area contributed by atoms with E-state index < -0.39 is 10.9 Å². The number of aryl methyl sites for hydroxylation is 1. The van der Waals surface area contributed by atoms with Gasteiger partial charge in [0.25, 0.3) is 5.69 Å². The van der Waals surface area contributed by atoms with Crippen LogP contribution >= 0.6 is 11.6 Å². The Labute approximate surface area is 135 Å². The second-order valence-electron chi connectivity index (χ2n) is 4.71. The number of cyclic esters (lactones) is 1. The number of hydrogen-bond acceptors (Lipinski definition) is 6. The highest BCUT2D eigenvalue weighted by Gasteiger charge is 2.27. The number of nitrogens with zero attached hydrogens (tertiary/aromatic N) is 2. The molecule has 2 heterocycles. The first-order valence-electron chi connectivity index (χ1n) is 6.47. The minimum atomic E-state index is -0.684. The predicted octanol–water partition coefficient (Wildman–Crippen LogP) is 3.49. The van der Waals surface area contributed by atoms with E-state index in [1.807, 2.05) is 0 Å². The Morgan fingerprint density at radius 2 is 2.09 bits per heavy atom. The Kier molecular flexibility index (Phi) is 3.71. The van der Waals surface area contributed by atoms with E-state index in [2.05, 4.69) is 4.99 Å². The lowest BCUT2D eigenvalue weighted by atomic mass is 10.2. The summed E-state index contributed by atoms with van der Waals surface area (Å²) < 4.78 is 10.4. The first-order valence-corrected chi connectivity index (χ1v) is 6.85. The van der Waals surface area contributed by atoms with Crippen LogP contribution in [0.3, 0.4) is 0 Å². The van der Waals surface area contributed by atoms with E-state index in [0.717, 1.165) is 0 Å². The first kappa shape index (κ1) is 15.0. The van der Waals surface area contributed by atoms with Crippen molar-refractivity contribution in [3.05, 3.63) is 68.2 Å². The molecule has 0 fully saturated rings. The number of aliphatic imine (C=N–C) groups is 1. The van der Waals surface area contributed by atoms with E-state index in [0.29, 0.717) is 11.5 Å². The van der Waals surface area contributed by atoms with Crippen LogP contribution in [0.5, 0.6) is 0 Å². The summed E-state index contributed by atoms with van der Waals surface area (Å²) in [6, 6.07) is 7.24. The number of nitro groups is 1. The van der Waals surface area contributed by atoms with Crippen molar-refractivity contribution in [2.75, 3.05) is 0 Å². The molecule has 1 aliphatic heterocycles. The maximum absolute atomic E-state index is 11.9. The van der Waals surface area contributed by atoms with Crippen LogP contribution < -0.4 is 0 Å². The van der Waals surface area contributed by atoms with Gasteiger partial charge in [-0.2, -0.15) is 0 Å². The second kappa shape index (κ2) is 5.69. The molecule has 0 radical (unpaired) electrons. The number of carbonyl (C=O) groups excluding carboxylic acids is 1. The summed E-state index contributed by atoms with van der Waals surface area (Å²) in [6.07, 6.45) is 1.42. The lowest BCUT2D eigenvalue weighted by Crippen LogP contribution is -2.06. The van der Waals surface area contributed by atoms with E-state index in [1.54, 1.807) is 19.1 Å². The number of nitro benzene ring substituents is 1. The van der Waals surface area contributed by atoms with Crippen LogP contribution in [0.15, 0.2) is 45.4 Å². The van der Waals surface area contributed by atoms with Gasteiger partial charge in [0.05, 0.1) is 15.5 Å². The molecule has 1 aliphatic rings. The lowest BCUT2D eigenvalue weighted by molar-refractivity contribution is -0.384. The molecule has 0 aliphatic carbocycles. The van der Waals surface area contributed by atoms with E-state index >= 15 is 0 Å². The van der Waals surface area contributed by atoms with E-state index in [4.69, 9.17) is 20.8 Å². The summed E-state index contributed by atoms with van der Waals surface area (Å²) in [5, 5.41) is 11.0. The molecule has 0 bridgehead atoms. The number of benzene rings is 1. The highest BCUT2D eigenvalue weighted by Crippen LogP contribution is 2.27. The summed E-state index contributed by atoms with van der Waals surface area (Å²) in [4.78, 5) is 26.2. The van der Waals surface area contributed by atoms with Crippen molar-refractivity contribution in [3.63, 3.8) is 0 Å². The van der Waals surface area contributed by atoms with Gasteiger partial charge in [0.15, 0.2) is 5.70 Å². The maximum Gasteiger partial charge on any atom is 0.363 e. The molecule has 116 valence electrons. The quantitative estimate of drug-likeness (QED) is 0.371. The molecule has 7 nitrogen and oxygen atoms in total. The standard InChI is InChI=1S/C15H9ClN2O5/c1-8-2-4-10(22-8)7-13-15(19)23-14(17-13)11-6-9(18(20)21)3-5-12(11)16/h2-7H,1H3/b13-7+. The van der Waals surface area contributed by atoms with E-state index in [9.17, 15) is 14.9 Å². The van der Waals surface area contributed by atoms with Gasteiger partial charge in [-0.25, -0.2) is 9.79 Å². The van der Waals surface area contributed by atoms with Crippen molar-refractivity contribution in [1.82, 2.24) is 0 Å². The topological polar surface area (TPSA) is 94.9 Å². The summed E-state index contributed by atoms with van der Waals surface area (Å²) in [5.74, 6) is 0.369. The van der Waals surface area contributed by atoms with Gasteiger partial charge in [-0.3, -0.25) is 10.1 Å². The van der Waals surface area contributed by atoms with Gasteiger partial charge in [0, 0.05) is 18.2 Å². The fraction of sp³-hybridized carbons (Fsp3) is 0.0667. The van der Waals surface area contributed by atoms with Gasteiger partial charge in [0.1, 0.15) is 11.5 Å². The van der Waals surface area contributed by atoms with Crippen LogP contribution in [0.25, 0.3) is 6.08 Å². The average molecular weight is 333 g/mol. The Bertz CT molecular complexity index is 882. The van der Waals surface area contributed by atoms with Crippen LogP contribution in [0, 0.1) is 17.0 Å². The largest absolute Gasteiger partial charge is 0.462 e. The molecule has 0 saturated carbocycles. The van der Waals surface area contributed by atoms with Crippen LogP contribution in [-0.2, 0) is 9.53 Å². The molecular formula is C15H9ClN2O5. The zero-order chi connectivity index (χ0) is 16.6. The molecule has 1 aromatic heterocycles. The van der Waals surface area contributed by atoms with Crippen LogP contribution in [0.4, 0.5) is 5.69 Å². The molecule has 1 aromatic carbocycles. The third-order valence-corrected chi connectivity index (χ3v) is 3.38. The molecule has 8 heteroatoms. The molecule has 3 rings (SSSR count). The number of rotatable bonds is 3. The van der Waals surface area contributed by atoms with E-state index in [1.165, 1.54) is 24.3 Å². The van der Waals surface area contributed by atoms with E-state index in [-0.39, 0.29) is 27.9 Å². The number of esters is 1. The van der Waals surface area contributed by atoms with Crippen molar-refractivity contribution >= 4 is 35.2 Å². The third-order valence-electron chi connectivity index (χ3n) is 3.05. The molecular weight excluding hydrogens is 324 g/mol. The molecule has 0 N–H and O–H groups in total. The molecule has 23 heavy (non-hydrogen) atoms. The highest BCUT2D eigenvalue weighted by molar-refractivity contribution is 6.34. The van der Waals surface area contributed by atoms with Crippen molar-refractivity contribution in [2.45, 2.75) is 6.92 Å². The number of non-ortho nitro benzene ring substituents is 1. The summed E-state index contributed by atoms with van der Waals surface area (Å²) in [7, 11) is 0. The summed E-state index contributed by atoms with van der Waals surface area (Å²) >= 11 is 6.01. The number of ether oxygens (including phenoxy) is 1. The second-order valence-corrected chi connectivity index (χ2v) is 5.11. The smallest absolute Gasteiger partial charge is 0.363 e. The van der Waals surface area contributed by atoms with Crippen molar-refractivity contribution in [2.24, 2.45) is 4.99 Å². The van der Waals surface area contributed by atoms with Gasteiger partial charge in [0.2, 0.25) is 5.90 Å². The van der Waals surface area contributed by atoms with Gasteiger partial charge in [-0.15, -0.1) is 0 Å². The summed E-state index contributed by atoms with van der Waals surface area (Å²) in [6.45, 7) is 1.77. The third kappa shape index (κ3) is 3.00. The van der Waals surface area contributed by atoms with Crippen LogP contribution in [0.2, 0.25) is 5.02 Å². The molecule has 0 saturated heterocycles. The molecule has 0 unspecified atom stereocenters. The predicted molar refractivity (Wildman–Crippen MR) is 82.2 cm³/mol. The lowest BCUT2D eigenvalue weighted by Gasteiger charge is -2.02. The normalized spacial score (nSPS) is 15.7. The number of hydrogen-bond donors (Lipinski definition) is 0. The fourth-order valence-corrected chi connectivity index (χ4v) is 2.18. The number of carbonyl (C=O) groups is 1. The Hall–Kier alpha value is -2.93. The monoisotopic (exact) mass is 332 g/mol. The highest BCUT2D eigenvalue weighted by atomic mass is 35.5. The zero-order valence-corrected chi connectivity index (χ0v) is 12.5. The van der Waals surface area contributed by atoms with Crippen molar-refractivity contribution in [3.8, 4) is 0 Å². The minimum absolute atomic E-state index is 0.0249. The molecule has 0 atom stereocenters. The van der Waals surface area contributed by atoms with Crippen molar-refractivity contribution < 1.29 is 18.9 Å². The average Bonchev–Trinajstić information content (AvgIpc) is 3.06. The van der Waals surface area contributed by atoms with Gasteiger partial charge in [-0.05, 0) is 25.1 Å². The Morgan fingerprint density at radius 3 is 2.74 bits per heavy atom. The van der Waals surface area contributed by atoms with Crippen LogP contribution in [-0.4, -0.2) is 16.8 Å². The van der Waals surface area contributed by atoms with Gasteiger partial charge >= 0.3 is 5.97 Å². The van der Waals surface area contributed by atoms with Crippen molar-refractivity contribution in [1.29, 1.82) is 0 Å². The van der Waals surface area contributed by atoms with Gasteiger partial charge < -0.3 is 9.15 Å². The molecule has 0 amide bonds.